The molecule has 1 saturated carbocycles. The number of nitrogens with zero attached hydrogens (tertiary/aromatic N) is 2. The Hall–Kier alpha value is -3.37. The fourth-order valence-corrected chi connectivity index (χ4v) is 6.67. The lowest BCUT2D eigenvalue weighted by atomic mass is 10.1. The maximum atomic E-state index is 14.0. The lowest BCUT2D eigenvalue weighted by Gasteiger charge is -2.32. The van der Waals surface area contributed by atoms with Crippen LogP contribution in [-0.4, -0.2) is 50.9 Å². The zero-order chi connectivity index (χ0) is 28.7. The zero-order valence-electron chi connectivity index (χ0n) is 22.6. The summed E-state index contributed by atoms with van der Waals surface area (Å²) >= 11 is 3.47. The number of anilines is 1. The fourth-order valence-electron chi connectivity index (χ4n) is 4.80. The van der Waals surface area contributed by atoms with Crippen LogP contribution in [0.5, 0.6) is 5.75 Å². The summed E-state index contributed by atoms with van der Waals surface area (Å²) < 4.78 is 34.8. The Morgan fingerprint density at radius 2 is 1.68 bits per heavy atom. The minimum Gasteiger partial charge on any atom is -0.497 e. The largest absolute Gasteiger partial charge is 0.497 e. The summed E-state index contributed by atoms with van der Waals surface area (Å²) in [7, 11) is -2.63. The maximum absolute atomic E-state index is 14.0. The number of nitrogens with one attached hydrogen (secondary N) is 1. The van der Waals surface area contributed by atoms with Crippen LogP contribution in [0.2, 0.25) is 0 Å². The van der Waals surface area contributed by atoms with Gasteiger partial charge >= 0.3 is 0 Å². The molecule has 1 fully saturated rings. The van der Waals surface area contributed by atoms with Crippen molar-refractivity contribution in [2.75, 3.05) is 18.0 Å². The first-order chi connectivity index (χ1) is 19.2. The summed E-state index contributed by atoms with van der Waals surface area (Å²) in [5, 5.41) is 3.08. The van der Waals surface area contributed by atoms with Crippen LogP contribution in [0, 0.1) is 0 Å². The average molecular weight is 629 g/mol. The number of carbonyl (C=O) groups is 2. The molecule has 1 aliphatic rings. The molecule has 0 unspecified atom stereocenters. The SMILES string of the molecule is COc1ccc(S(=O)(=O)N(CC(=O)N(Cc2cccc(Br)c2)[C@H](C)C(=O)NC2CCCC2)c2ccccc2)cc1. The van der Waals surface area contributed by atoms with E-state index in [0.717, 1.165) is 40.0 Å². The molecule has 0 radical (unpaired) electrons. The lowest BCUT2D eigenvalue weighted by Crippen LogP contribution is -2.52. The van der Waals surface area contributed by atoms with Crippen molar-refractivity contribution < 1.29 is 22.7 Å². The van der Waals surface area contributed by atoms with Crippen LogP contribution in [0.4, 0.5) is 5.69 Å². The van der Waals surface area contributed by atoms with Crippen molar-refractivity contribution in [2.45, 2.75) is 56.1 Å². The molecule has 2 amide bonds. The van der Waals surface area contributed by atoms with Crippen LogP contribution < -0.4 is 14.4 Å². The van der Waals surface area contributed by atoms with Gasteiger partial charge in [-0.1, -0.05) is 59.1 Å². The fraction of sp³-hybridized carbons (Fsp3) is 0.333. The number of sulfonamides is 1. The molecule has 212 valence electrons. The summed E-state index contributed by atoms with van der Waals surface area (Å²) in [4.78, 5) is 28.7. The van der Waals surface area contributed by atoms with Gasteiger partial charge in [-0.25, -0.2) is 8.42 Å². The molecule has 1 atom stereocenters. The van der Waals surface area contributed by atoms with E-state index in [1.807, 2.05) is 24.3 Å². The minimum atomic E-state index is -4.13. The highest BCUT2D eigenvalue weighted by atomic mass is 79.9. The predicted molar refractivity (Wildman–Crippen MR) is 159 cm³/mol. The summed E-state index contributed by atoms with van der Waals surface area (Å²) in [6.45, 7) is 1.35. The monoisotopic (exact) mass is 627 g/mol. The number of hydrogen-bond donors (Lipinski definition) is 1. The molecule has 8 nitrogen and oxygen atoms in total. The number of halogens is 1. The van der Waals surface area contributed by atoms with Crippen LogP contribution >= 0.6 is 15.9 Å². The number of amides is 2. The number of benzene rings is 3. The van der Waals surface area contributed by atoms with Gasteiger partial charge in [0, 0.05) is 17.1 Å². The van der Waals surface area contributed by atoms with Crippen molar-refractivity contribution in [1.82, 2.24) is 10.2 Å². The third kappa shape index (κ3) is 7.22. The second-order valence-corrected chi connectivity index (χ2v) is 12.6. The van der Waals surface area contributed by atoms with E-state index in [9.17, 15) is 18.0 Å². The quantitative estimate of drug-likeness (QED) is 0.318. The van der Waals surface area contributed by atoms with Gasteiger partial charge in [-0.05, 0) is 73.9 Å². The van der Waals surface area contributed by atoms with E-state index >= 15 is 0 Å². The number of para-hydroxylation sites is 1. The second-order valence-electron chi connectivity index (χ2n) is 9.84. The van der Waals surface area contributed by atoms with Crippen molar-refractivity contribution in [1.29, 1.82) is 0 Å². The molecule has 3 aromatic carbocycles. The summed E-state index contributed by atoms with van der Waals surface area (Å²) in [5.41, 5.74) is 1.16. The molecule has 0 heterocycles. The zero-order valence-corrected chi connectivity index (χ0v) is 25.0. The summed E-state index contributed by atoms with van der Waals surface area (Å²) in [6.07, 6.45) is 3.96. The Kier molecular flexibility index (Phi) is 9.86. The van der Waals surface area contributed by atoms with Gasteiger partial charge in [0.15, 0.2) is 0 Å². The molecule has 1 N–H and O–H groups in total. The molecule has 3 aromatic rings. The number of methoxy groups -OCH3 is 1. The van der Waals surface area contributed by atoms with Gasteiger partial charge in [-0.3, -0.25) is 13.9 Å². The number of carbonyl (C=O) groups excluding carboxylic acids is 2. The van der Waals surface area contributed by atoms with Crippen molar-refractivity contribution in [3.63, 3.8) is 0 Å². The normalized spacial score (nSPS) is 14.4. The first-order valence-electron chi connectivity index (χ1n) is 13.2. The molecule has 10 heteroatoms. The van der Waals surface area contributed by atoms with Gasteiger partial charge < -0.3 is 15.0 Å². The lowest BCUT2D eigenvalue weighted by molar-refractivity contribution is -0.139. The van der Waals surface area contributed by atoms with Gasteiger partial charge in [0.1, 0.15) is 18.3 Å². The molecule has 0 aromatic heterocycles. The highest BCUT2D eigenvalue weighted by Crippen LogP contribution is 2.26. The van der Waals surface area contributed by atoms with E-state index in [4.69, 9.17) is 4.74 Å². The third-order valence-electron chi connectivity index (χ3n) is 7.08. The summed E-state index contributed by atoms with van der Waals surface area (Å²) in [5.74, 6) is -0.224. The first kappa shape index (κ1) is 29.6. The van der Waals surface area contributed by atoms with E-state index in [0.29, 0.717) is 11.4 Å². The topological polar surface area (TPSA) is 96.0 Å². The second kappa shape index (κ2) is 13.3. The van der Waals surface area contributed by atoms with E-state index in [-0.39, 0.29) is 23.4 Å². The van der Waals surface area contributed by atoms with Crippen LogP contribution in [0.3, 0.4) is 0 Å². The molecule has 0 spiro atoms. The summed E-state index contributed by atoms with van der Waals surface area (Å²) in [6, 6.07) is 21.3. The number of hydrogen-bond acceptors (Lipinski definition) is 5. The highest BCUT2D eigenvalue weighted by Gasteiger charge is 2.33. The smallest absolute Gasteiger partial charge is 0.264 e. The van der Waals surface area contributed by atoms with Gasteiger partial charge in [-0.15, -0.1) is 0 Å². The van der Waals surface area contributed by atoms with E-state index in [2.05, 4.69) is 21.2 Å². The van der Waals surface area contributed by atoms with Crippen molar-refractivity contribution in [3.05, 3.63) is 88.9 Å². The molecule has 40 heavy (non-hydrogen) atoms. The minimum absolute atomic E-state index is 0.0236. The van der Waals surface area contributed by atoms with E-state index < -0.39 is 28.5 Å². The Morgan fingerprint density at radius 3 is 2.30 bits per heavy atom. The molecular formula is C30H34BrN3O5S. The van der Waals surface area contributed by atoms with Crippen LogP contribution in [0.1, 0.15) is 38.2 Å². The molecule has 4 rings (SSSR count). The van der Waals surface area contributed by atoms with Crippen molar-refractivity contribution in [2.24, 2.45) is 0 Å². The Labute approximate surface area is 244 Å². The molecule has 0 aliphatic heterocycles. The van der Waals surface area contributed by atoms with E-state index in [1.54, 1.807) is 49.4 Å². The standard InChI is InChI=1S/C30H34BrN3O5S/c1-22(30(36)32-25-11-6-7-12-25)33(20-23-9-8-10-24(31)19-23)29(35)21-34(26-13-4-3-5-14-26)40(37,38)28-17-15-27(39-2)16-18-28/h3-5,8-10,13-19,22,25H,6-7,11-12,20-21H2,1-2H3,(H,32,36)/t22-/m1/s1. The van der Waals surface area contributed by atoms with Crippen LogP contribution in [0.15, 0.2) is 88.2 Å². The van der Waals surface area contributed by atoms with Crippen molar-refractivity contribution in [3.8, 4) is 5.75 Å². The average Bonchev–Trinajstić information content (AvgIpc) is 3.47. The number of rotatable bonds is 11. The Balaban J connectivity index is 1.66. The predicted octanol–water partition coefficient (Wildman–Crippen LogP) is 5.13. The first-order valence-corrected chi connectivity index (χ1v) is 15.5. The Morgan fingerprint density at radius 1 is 1.00 bits per heavy atom. The highest BCUT2D eigenvalue weighted by molar-refractivity contribution is 9.10. The van der Waals surface area contributed by atoms with Gasteiger partial charge in [0.25, 0.3) is 10.0 Å². The Bertz CT molecular complexity index is 1410. The van der Waals surface area contributed by atoms with Crippen LogP contribution in [0.25, 0.3) is 0 Å². The van der Waals surface area contributed by atoms with Gasteiger partial charge in [0.05, 0.1) is 17.7 Å². The van der Waals surface area contributed by atoms with Crippen molar-refractivity contribution >= 4 is 43.5 Å². The molecule has 1 aliphatic carbocycles. The van der Waals surface area contributed by atoms with Crippen LogP contribution in [-0.2, 0) is 26.2 Å². The molecule has 0 bridgehead atoms. The van der Waals surface area contributed by atoms with Gasteiger partial charge in [-0.2, -0.15) is 0 Å². The maximum Gasteiger partial charge on any atom is 0.264 e. The van der Waals surface area contributed by atoms with Gasteiger partial charge in [0.2, 0.25) is 11.8 Å². The van der Waals surface area contributed by atoms with E-state index in [1.165, 1.54) is 24.1 Å². The molecular weight excluding hydrogens is 594 g/mol. The number of ether oxygens (including phenoxy) is 1. The molecule has 0 saturated heterocycles. The third-order valence-corrected chi connectivity index (χ3v) is 9.36.